The molecule has 0 saturated heterocycles. The molecule has 1 saturated carbocycles. The Balaban J connectivity index is 1.23. The van der Waals surface area contributed by atoms with Crippen LogP contribution in [0.3, 0.4) is 0 Å². The average molecular weight is 433 g/mol. The molecule has 0 aromatic heterocycles. The van der Waals surface area contributed by atoms with E-state index in [0.717, 1.165) is 43.5 Å². The molecule has 2 aliphatic heterocycles. The molecular formula is C26H32N4O2. The number of para-hydroxylation sites is 1. The fourth-order valence-corrected chi connectivity index (χ4v) is 5.41. The first-order valence-corrected chi connectivity index (χ1v) is 11.8. The van der Waals surface area contributed by atoms with E-state index in [4.69, 9.17) is 4.74 Å². The Bertz CT molecular complexity index is 1010. The zero-order valence-electron chi connectivity index (χ0n) is 18.8. The molecule has 1 atom stereocenters. The molecular weight excluding hydrogens is 400 g/mol. The Hall–Kier alpha value is -3.02. The predicted octanol–water partition coefficient (Wildman–Crippen LogP) is 3.57. The normalized spacial score (nSPS) is 21.5. The van der Waals surface area contributed by atoms with Gasteiger partial charge in [-0.3, -0.25) is 9.79 Å². The number of nitrogens with one attached hydrogen (secondary N) is 2. The lowest BCUT2D eigenvalue weighted by molar-refractivity contribution is -0.130. The summed E-state index contributed by atoms with van der Waals surface area (Å²) in [6, 6.07) is 16.8. The van der Waals surface area contributed by atoms with E-state index >= 15 is 0 Å². The fourth-order valence-electron chi connectivity index (χ4n) is 5.41. The Kier molecular flexibility index (Phi) is 5.77. The van der Waals surface area contributed by atoms with Crippen LogP contribution in [0.25, 0.3) is 0 Å². The highest BCUT2D eigenvalue weighted by Gasteiger charge is 2.43. The smallest absolute Gasteiger partial charge is 0.242 e. The third kappa shape index (κ3) is 4.18. The summed E-state index contributed by atoms with van der Waals surface area (Å²) in [6.45, 7) is 1.68. The number of rotatable bonds is 3. The first-order chi connectivity index (χ1) is 15.7. The maximum Gasteiger partial charge on any atom is 0.242 e. The molecule has 2 N–H and O–H groups in total. The van der Waals surface area contributed by atoms with Gasteiger partial charge in [0.2, 0.25) is 5.91 Å². The number of hydrogen-bond acceptors (Lipinski definition) is 3. The van der Waals surface area contributed by atoms with E-state index in [1.807, 2.05) is 17.0 Å². The van der Waals surface area contributed by atoms with Crippen LogP contribution < -0.4 is 15.4 Å². The van der Waals surface area contributed by atoms with Crippen molar-refractivity contribution in [2.75, 3.05) is 20.1 Å². The fraction of sp³-hybridized carbons (Fsp3) is 0.462. The average Bonchev–Trinajstić information content (AvgIpc) is 3.28. The van der Waals surface area contributed by atoms with Crippen LogP contribution in [-0.2, 0) is 17.8 Å². The van der Waals surface area contributed by atoms with Crippen LogP contribution in [0, 0.1) is 0 Å². The maximum atomic E-state index is 12.9. The first kappa shape index (κ1) is 20.9. The van der Waals surface area contributed by atoms with E-state index in [-0.39, 0.29) is 24.1 Å². The number of guanidine groups is 1. The largest absolute Gasteiger partial charge is 0.487 e. The Morgan fingerprint density at radius 3 is 2.69 bits per heavy atom. The Morgan fingerprint density at radius 2 is 1.88 bits per heavy atom. The molecule has 0 bridgehead atoms. The molecule has 2 aromatic rings. The number of fused-ring (bicyclic) bond motifs is 2. The molecule has 2 heterocycles. The molecule has 1 spiro atoms. The van der Waals surface area contributed by atoms with Gasteiger partial charge in [-0.05, 0) is 49.3 Å². The van der Waals surface area contributed by atoms with E-state index in [1.165, 1.54) is 24.0 Å². The molecule has 1 aliphatic carbocycles. The van der Waals surface area contributed by atoms with Gasteiger partial charge < -0.3 is 20.3 Å². The SMILES string of the molecule is CN=C(NCC(=O)N1CCc2ccccc2C1)NC1CC2(CCCC2)Oc2ccccc21. The highest BCUT2D eigenvalue weighted by molar-refractivity contribution is 5.86. The topological polar surface area (TPSA) is 66.0 Å². The zero-order chi connectivity index (χ0) is 22.0. The minimum Gasteiger partial charge on any atom is -0.487 e. The number of ether oxygens (including phenoxy) is 1. The molecule has 2 aromatic carbocycles. The Labute approximate surface area is 190 Å². The number of nitrogens with zero attached hydrogens (tertiary/aromatic N) is 2. The molecule has 168 valence electrons. The second-order valence-electron chi connectivity index (χ2n) is 9.19. The summed E-state index contributed by atoms with van der Waals surface area (Å²) in [4.78, 5) is 19.2. The highest BCUT2D eigenvalue weighted by Crippen LogP contribution is 2.46. The van der Waals surface area contributed by atoms with Gasteiger partial charge in [-0.15, -0.1) is 0 Å². The molecule has 3 aliphatic rings. The number of aliphatic imine (C=N–C) groups is 1. The quantitative estimate of drug-likeness (QED) is 0.575. The van der Waals surface area contributed by atoms with Crippen LogP contribution in [0.1, 0.15) is 54.8 Å². The monoisotopic (exact) mass is 432 g/mol. The summed E-state index contributed by atoms with van der Waals surface area (Å²) < 4.78 is 6.47. The van der Waals surface area contributed by atoms with Gasteiger partial charge in [-0.2, -0.15) is 0 Å². The lowest BCUT2D eigenvalue weighted by Crippen LogP contribution is -2.49. The summed E-state index contributed by atoms with van der Waals surface area (Å²) in [5.74, 6) is 1.73. The van der Waals surface area contributed by atoms with Crippen molar-refractivity contribution in [3.8, 4) is 5.75 Å². The van der Waals surface area contributed by atoms with Gasteiger partial charge in [0, 0.05) is 32.1 Å². The van der Waals surface area contributed by atoms with Gasteiger partial charge in [0.1, 0.15) is 11.4 Å². The predicted molar refractivity (Wildman–Crippen MR) is 126 cm³/mol. The minimum absolute atomic E-state index is 0.0815. The number of carbonyl (C=O) groups is 1. The summed E-state index contributed by atoms with van der Waals surface area (Å²) >= 11 is 0. The number of benzene rings is 2. The second kappa shape index (κ2) is 8.85. The molecule has 1 fully saturated rings. The van der Waals surface area contributed by atoms with Crippen molar-refractivity contribution in [3.05, 3.63) is 65.2 Å². The molecule has 5 rings (SSSR count). The molecule has 6 heteroatoms. The third-order valence-electron chi connectivity index (χ3n) is 7.14. The standard InChI is InChI=1S/C26H32N4O2/c1-27-25(28-17-24(31)30-15-12-19-8-2-3-9-20(19)18-30)29-22-16-26(13-6-7-14-26)32-23-11-5-4-10-21(22)23/h2-5,8-11,22H,6-7,12-18H2,1H3,(H2,27,28,29). The summed E-state index contributed by atoms with van der Waals surface area (Å²) in [6.07, 6.45) is 6.46. The van der Waals surface area contributed by atoms with E-state index in [0.29, 0.717) is 12.5 Å². The number of carbonyl (C=O) groups excluding carboxylic acids is 1. The van der Waals surface area contributed by atoms with Gasteiger partial charge in [-0.25, -0.2) is 0 Å². The van der Waals surface area contributed by atoms with E-state index in [2.05, 4.69) is 52.0 Å². The van der Waals surface area contributed by atoms with Crippen LogP contribution in [0.4, 0.5) is 0 Å². The van der Waals surface area contributed by atoms with Crippen molar-refractivity contribution >= 4 is 11.9 Å². The molecule has 6 nitrogen and oxygen atoms in total. The minimum atomic E-state index is -0.0815. The molecule has 1 amide bonds. The lowest BCUT2D eigenvalue weighted by atomic mass is 9.86. The van der Waals surface area contributed by atoms with Crippen molar-refractivity contribution in [3.63, 3.8) is 0 Å². The summed E-state index contributed by atoms with van der Waals surface area (Å²) in [5.41, 5.74) is 3.67. The van der Waals surface area contributed by atoms with Crippen LogP contribution in [0.2, 0.25) is 0 Å². The number of hydrogen-bond donors (Lipinski definition) is 2. The summed E-state index contributed by atoms with van der Waals surface area (Å²) in [5, 5.41) is 6.83. The highest BCUT2D eigenvalue weighted by atomic mass is 16.5. The maximum absolute atomic E-state index is 12.9. The van der Waals surface area contributed by atoms with Crippen molar-refractivity contribution in [2.45, 2.75) is 56.7 Å². The lowest BCUT2D eigenvalue weighted by Gasteiger charge is -2.40. The number of amides is 1. The van der Waals surface area contributed by atoms with Gasteiger partial charge in [0.15, 0.2) is 5.96 Å². The second-order valence-corrected chi connectivity index (χ2v) is 9.19. The Morgan fingerprint density at radius 1 is 1.12 bits per heavy atom. The van der Waals surface area contributed by atoms with Gasteiger partial charge in [0.05, 0.1) is 12.6 Å². The third-order valence-corrected chi connectivity index (χ3v) is 7.14. The van der Waals surface area contributed by atoms with Crippen LogP contribution >= 0.6 is 0 Å². The van der Waals surface area contributed by atoms with E-state index < -0.39 is 0 Å². The van der Waals surface area contributed by atoms with Crippen LogP contribution in [0.15, 0.2) is 53.5 Å². The van der Waals surface area contributed by atoms with Crippen molar-refractivity contribution in [1.82, 2.24) is 15.5 Å². The van der Waals surface area contributed by atoms with Crippen molar-refractivity contribution in [2.24, 2.45) is 4.99 Å². The van der Waals surface area contributed by atoms with Crippen LogP contribution in [0.5, 0.6) is 5.75 Å². The van der Waals surface area contributed by atoms with Crippen molar-refractivity contribution in [1.29, 1.82) is 0 Å². The zero-order valence-corrected chi connectivity index (χ0v) is 18.8. The summed E-state index contributed by atoms with van der Waals surface area (Å²) in [7, 11) is 1.76. The molecule has 1 unspecified atom stereocenters. The molecule has 0 radical (unpaired) electrons. The first-order valence-electron chi connectivity index (χ1n) is 11.8. The van der Waals surface area contributed by atoms with E-state index in [1.54, 1.807) is 7.05 Å². The van der Waals surface area contributed by atoms with E-state index in [9.17, 15) is 4.79 Å². The van der Waals surface area contributed by atoms with Crippen LogP contribution in [-0.4, -0.2) is 42.5 Å². The van der Waals surface area contributed by atoms with Gasteiger partial charge >= 0.3 is 0 Å². The van der Waals surface area contributed by atoms with Gasteiger partial charge in [0.25, 0.3) is 0 Å². The molecule has 32 heavy (non-hydrogen) atoms. The van der Waals surface area contributed by atoms with Crippen molar-refractivity contribution < 1.29 is 9.53 Å². The van der Waals surface area contributed by atoms with Gasteiger partial charge in [-0.1, -0.05) is 42.5 Å².